The smallest absolute Gasteiger partial charge is 0.317 e. The van der Waals surface area contributed by atoms with Gasteiger partial charge in [-0.15, -0.1) is 0 Å². The molecular weight excluding hydrogens is 280 g/mol. The van der Waals surface area contributed by atoms with Crippen LogP contribution in [0.15, 0.2) is 0 Å². The molecule has 128 valence electrons. The van der Waals surface area contributed by atoms with Crippen LogP contribution in [0.2, 0.25) is 0 Å². The number of esters is 1. The van der Waals surface area contributed by atoms with Gasteiger partial charge in [0.15, 0.2) is 0 Å². The van der Waals surface area contributed by atoms with Crippen molar-refractivity contribution >= 4 is 12.0 Å². The zero-order chi connectivity index (χ0) is 16.2. The van der Waals surface area contributed by atoms with Gasteiger partial charge in [-0.05, 0) is 38.0 Å². The molecule has 1 fully saturated rings. The Kier molecular flexibility index (Phi) is 9.67. The Morgan fingerprint density at radius 2 is 1.91 bits per heavy atom. The normalized spacial score (nSPS) is 15.4. The average molecular weight is 312 g/mol. The second-order valence-corrected chi connectivity index (χ2v) is 6.22. The van der Waals surface area contributed by atoms with Gasteiger partial charge in [0.05, 0.1) is 7.11 Å². The fourth-order valence-corrected chi connectivity index (χ4v) is 3.03. The summed E-state index contributed by atoms with van der Waals surface area (Å²) in [4.78, 5) is 25.3. The fourth-order valence-electron chi connectivity index (χ4n) is 3.03. The van der Waals surface area contributed by atoms with Crippen molar-refractivity contribution in [3.63, 3.8) is 0 Å². The minimum Gasteiger partial charge on any atom is -0.469 e. The van der Waals surface area contributed by atoms with Gasteiger partial charge in [0, 0.05) is 26.1 Å². The lowest BCUT2D eigenvalue weighted by atomic mass is 9.89. The number of nitrogens with one attached hydrogen (secondary N) is 1. The number of carbonyl (C=O) groups is 2. The van der Waals surface area contributed by atoms with Crippen molar-refractivity contribution in [2.24, 2.45) is 5.92 Å². The molecule has 0 radical (unpaired) electrons. The number of amides is 2. The highest BCUT2D eigenvalue weighted by Crippen LogP contribution is 2.24. The van der Waals surface area contributed by atoms with E-state index in [0.717, 1.165) is 32.4 Å². The molecule has 0 aromatic rings. The second-order valence-electron chi connectivity index (χ2n) is 6.22. The van der Waals surface area contributed by atoms with Gasteiger partial charge in [0.1, 0.15) is 0 Å². The first-order valence-electron chi connectivity index (χ1n) is 8.77. The number of methoxy groups -OCH3 is 1. The van der Waals surface area contributed by atoms with Gasteiger partial charge in [0.25, 0.3) is 0 Å². The summed E-state index contributed by atoms with van der Waals surface area (Å²) in [5.74, 6) is 0.488. The Bertz CT molecular complexity index is 328. The number of nitrogens with zero attached hydrogens (tertiary/aromatic N) is 1. The molecule has 0 heterocycles. The number of ether oxygens (including phenoxy) is 1. The first-order valence-corrected chi connectivity index (χ1v) is 8.77. The molecule has 1 aliphatic rings. The number of rotatable bonds is 9. The van der Waals surface area contributed by atoms with Gasteiger partial charge in [-0.1, -0.05) is 26.2 Å². The van der Waals surface area contributed by atoms with Crippen molar-refractivity contribution in [3.05, 3.63) is 0 Å². The molecular formula is C17H32N2O3. The van der Waals surface area contributed by atoms with Crippen LogP contribution in [-0.4, -0.2) is 43.6 Å². The van der Waals surface area contributed by atoms with E-state index in [4.69, 9.17) is 0 Å². The Hall–Kier alpha value is -1.26. The van der Waals surface area contributed by atoms with Crippen LogP contribution in [0.1, 0.15) is 64.7 Å². The molecule has 0 spiro atoms. The molecule has 0 aromatic carbocycles. The SMILES string of the molecule is CCCN(CC1CCCCC1)C(=O)NCCCCC(=O)OC. The third-order valence-electron chi connectivity index (χ3n) is 4.30. The number of carbonyl (C=O) groups excluding carboxylic acids is 2. The molecule has 22 heavy (non-hydrogen) atoms. The van der Waals surface area contributed by atoms with Crippen molar-refractivity contribution < 1.29 is 14.3 Å². The molecule has 1 N–H and O–H groups in total. The lowest BCUT2D eigenvalue weighted by molar-refractivity contribution is -0.140. The summed E-state index contributed by atoms with van der Waals surface area (Å²) in [5, 5.41) is 2.98. The topological polar surface area (TPSA) is 58.6 Å². The van der Waals surface area contributed by atoms with Crippen LogP contribution in [0.25, 0.3) is 0 Å². The Labute approximate surface area is 134 Å². The minimum atomic E-state index is -0.184. The third kappa shape index (κ3) is 7.66. The van der Waals surface area contributed by atoms with Crippen LogP contribution in [0.3, 0.4) is 0 Å². The molecule has 0 atom stereocenters. The summed E-state index contributed by atoms with van der Waals surface area (Å²) >= 11 is 0. The molecule has 0 saturated heterocycles. The van der Waals surface area contributed by atoms with Gasteiger partial charge in [-0.3, -0.25) is 4.79 Å². The van der Waals surface area contributed by atoms with Crippen molar-refractivity contribution in [3.8, 4) is 0 Å². The van der Waals surface area contributed by atoms with Gasteiger partial charge in [-0.2, -0.15) is 0 Å². The van der Waals surface area contributed by atoms with Gasteiger partial charge in [0.2, 0.25) is 0 Å². The molecule has 5 nitrogen and oxygen atoms in total. The standard InChI is InChI=1S/C17H32N2O3/c1-3-13-19(14-15-9-5-4-6-10-15)17(21)18-12-8-7-11-16(20)22-2/h15H,3-14H2,1-2H3,(H,18,21). The highest BCUT2D eigenvalue weighted by atomic mass is 16.5. The number of unbranched alkanes of at least 4 members (excludes halogenated alkanes) is 1. The van der Waals surface area contributed by atoms with Gasteiger partial charge < -0.3 is 15.0 Å². The highest BCUT2D eigenvalue weighted by Gasteiger charge is 2.20. The van der Waals surface area contributed by atoms with E-state index in [0.29, 0.717) is 18.9 Å². The molecule has 1 rings (SSSR count). The minimum absolute atomic E-state index is 0.0468. The summed E-state index contributed by atoms with van der Waals surface area (Å²) in [6, 6.07) is 0.0468. The summed E-state index contributed by atoms with van der Waals surface area (Å²) in [6.07, 6.45) is 9.44. The summed E-state index contributed by atoms with van der Waals surface area (Å²) in [6.45, 7) is 4.45. The van der Waals surface area contributed by atoms with E-state index in [-0.39, 0.29) is 12.0 Å². The number of hydrogen-bond donors (Lipinski definition) is 1. The molecule has 0 aliphatic heterocycles. The van der Waals surface area contributed by atoms with E-state index in [1.807, 2.05) is 4.90 Å². The maximum Gasteiger partial charge on any atom is 0.317 e. The quantitative estimate of drug-likeness (QED) is 0.525. The number of hydrogen-bond acceptors (Lipinski definition) is 3. The van der Waals surface area contributed by atoms with E-state index in [9.17, 15) is 9.59 Å². The lowest BCUT2D eigenvalue weighted by Crippen LogP contribution is -2.43. The highest BCUT2D eigenvalue weighted by molar-refractivity contribution is 5.74. The van der Waals surface area contributed by atoms with Gasteiger partial charge in [-0.25, -0.2) is 4.79 Å². The van der Waals surface area contributed by atoms with Crippen LogP contribution in [-0.2, 0) is 9.53 Å². The average Bonchev–Trinajstić information content (AvgIpc) is 2.54. The van der Waals surface area contributed by atoms with E-state index in [1.165, 1.54) is 39.2 Å². The third-order valence-corrected chi connectivity index (χ3v) is 4.30. The van der Waals surface area contributed by atoms with E-state index >= 15 is 0 Å². The van der Waals surface area contributed by atoms with Crippen molar-refractivity contribution in [2.75, 3.05) is 26.7 Å². The zero-order valence-electron chi connectivity index (χ0n) is 14.2. The Morgan fingerprint density at radius 3 is 2.55 bits per heavy atom. The van der Waals surface area contributed by atoms with Gasteiger partial charge >= 0.3 is 12.0 Å². The molecule has 5 heteroatoms. The van der Waals surface area contributed by atoms with E-state index < -0.39 is 0 Å². The van der Waals surface area contributed by atoms with Crippen LogP contribution in [0, 0.1) is 5.92 Å². The summed E-state index contributed by atoms with van der Waals surface area (Å²) < 4.78 is 4.60. The first kappa shape index (κ1) is 18.8. The Balaban J connectivity index is 2.23. The van der Waals surface area contributed by atoms with Crippen molar-refractivity contribution in [2.45, 2.75) is 64.7 Å². The van der Waals surface area contributed by atoms with Crippen molar-refractivity contribution in [1.29, 1.82) is 0 Å². The van der Waals surface area contributed by atoms with Crippen LogP contribution in [0.4, 0.5) is 4.79 Å². The summed E-state index contributed by atoms with van der Waals surface area (Å²) in [7, 11) is 1.40. The molecule has 2 amide bonds. The first-order chi connectivity index (χ1) is 10.7. The zero-order valence-corrected chi connectivity index (χ0v) is 14.2. The van der Waals surface area contributed by atoms with E-state index in [1.54, 1.807) is 0 Å². The molecule has 0 bridgehead atoms. The summed E-state index contributed by atoms with van der Waals surface area (Å²) in [5.41, 5.74) is 0. The lowest BCUT2D eigenvalue weighted by Gasteiger charge is -2.29. The number of urea groups is 1. The second kappa shape index (κ2) is 11.3. The van der Waals surface area contributed by atoms with Crippen LogP contribution >= 0.6 is 0 Å². The molecule has 0 unspecified atom stereocenters. The van der Waals surface area contributed by atoms with Crippen LogP contribution < -0.4 is 5.32 Å². The monoisotopic (exact) mass is 312 g/mol. The maximum atomic E-state index is 12.3. The predicted molar refractivity (Wildman–Crippen MR) is 87.7 cm³/mol. The molecule has 1 aliphatic carbocycles. The fraction of sp³-hybridized carbons (Fsp3) is 0.882. The maximum absolute atomic E-state index is 12.3. The van der Waals surface area contributed by atoms with Crippen molar-refractivity contribution in [1.82, 2.24) is 10.2 Å². The molecule has 0 aromatic heterocycles. The van der Waals surface area contributed by atoms with E-state index in [2.05, 4.69) is 17.0 Å². The largest absolute Gasteiger partial charge is 0.469 e. The molecule has 1 saturated carbocycles. The van der Waals surface area contributed by atoms with Crippen LogP contribution in [0.5, 0.6) is 0 Å². The predicted octanol–water partition coefficient (Wildman–Crippen LogP) is 3.33. The Morgan fingerprint density at radius 1 is 1.18 bits per heavy atom.